The van der Waals surface area contributed by atoms with E-state index in [0.717, 1.165) is 19.3 Å². The second kappa shape index (κ2) is 3.81. The summed E-state index contributed by atoms with van der Waals surface area (Å²) in [6.07, 6.45) is 5.47. The number of rotatable bonds is 3. The lowest BCUT2D eigenvalue weighted by molar-refractivity contribution is 0.0787. The second-order valence-electron chi connectivity index (χ2n) is 4.05. The third kappa shape index (κ3) is 1.50. The maximum Gasteiger partial charge on any atom is 0.188 e. The molecule has 1 fully saturated rings. The van der Waals surface area contributed by atoms with Crippen molar-refractivity contribution in [3.8, 4) is 0 Å². The monoisotopic (exact) mass is 209 g/mol. The maximum absolute atomic E-state index is 12.2. The molecule has 1 aliphatic carbocycles. The van der Waals surface area contributed by atoms with Gasteiger partial charge in [-0.05, 0) is 36.9 Å². The van der Waals surface area contributed by atoms with Crippen molar-refractivity contribution >= 4 is 17.3 Å². The summed E-state index contributed by atoms with van der Waals surface area (Å²) in [5.41, 5.74) is 0.604. The Labute approximate surface area is 88.5 Å². The minimum atomic E-state index is -0.0753. The molecular formula is C11H15NOS. The van der Waals surface area contributed by atoms with Crippen molar-refractivity contribution in [2.75, 3.05) is 0 Å². The number of ketones is 1. The van der Waals surface area contributed by atoms with Crippen molar-refractivity contribution in [3.05, 3.63) is 17.1 Å². The van der Waals surface area contributed by atoms with E-state index in [0.29, 0.717) is 5.69 Å². The molecule has 1 saturated carbocycles. The van der Waals surface area contributed by atoms with Crippen LogP contribution in [0.15, 0.2) is 11.4 Å². The van der Waals surface area contributed by atoms with Gasteiger partial charge in [-0.3, -0.25) is 4.79 Å². The van der Waals surface area contributed by atoms with Crippen LogP contribution in [0.2, 0.25) is 0 Å². The average Bonchev–Trinajstić information content (AvgIpc) is 2.89. The van der Waals surface area contributed by atoms with Gasteiger partial charge in [0.05, 0.1) is 0 Å². The molecule has 0 aliphatic heterocycles. The average molecular weight is 209 g/mol. The highest BCUT2D eigenvalue weighted by atomic mass is 32.1. The second-order valence-corrected chi connectivity index (χ2v) is 4.72. The highest BCUT2D eigenvalue weighted by Gasteiger charge is 2.40. The van der Waals surface area contributed by atoms with Crippen LogP contribution in [0.4, 0.5) is 0 Å². The first-order valence-corrected chi connectivity index (χ1v) is 6.07. The smallest absolute Gasteiger partial charge is 0.188 e. The van der Waals surface area contributed by atoms with E-state index >= 15 is 0 Å². The van der Waals surface area contributed by atoms with E-state index in [4.69, 9.17) is 0 Å². The Hall–Kier alpha value is -0.700. The summed E-state index contributed by atoms with van der Waals surface area (Å²) in [7, 11) is 0. The van der Waals surface area contributed by atoms with Gasteiger partial charge in [0.25, 0.3) is 0 Å². The summed E-state index contributed by atoms with van der Waals surface area (Å²) in [6, 6.07) is 1.85. The standard InChI is InChI=1S/C11H15NOS/c1-2-11(6-3-4-7-11)10(13)9-5-8-14-12-9/h5,8H,2-4,6-7H2,1H3. The number of nitrogens with zero attached hydrogens (tertiary/aromatic N) is 1. The normalized spacial score (nSPS) is 19.8. The van der Waals surface area contributed by atoms with Gasteiger partial charge in [-0.15, -0.1) is 0 Å². The van der Waals surface area contributed by atoms with Gasteiger partial charge in [0, 0.05) is 10.8 Å². The third-order valence-electron chi connectivity index (χ3n) is 3.39. The van der Waals surface area contributed by atoms with Crippen LogP contribution in [-0.4, -0.2) is 10.2 Å². The SMILES string of the molecule is CCC1(C(=O)c2ccsn2)CCCC1. The summed E-state index contributed by atoms with van der Waals surface area (Å²) in [5.74, 6) is 0.277. The number of Topliss-reactive ketones (excluding diaryl/α,β-unsaturated/α-hetero) is 1. The molecule has 0 saturated heterocycles. The summed E-state index contributed by atoms with van der Waals surface area (Å²) in [4.78, 5) is 12.2. The molecule has 1 heterocycles. The molecule has 14 heavy (non-hydrogen) atoms. The molecule has 3 heteroatoms. The fourth-order valence-electron chi connectivity index (χ4n) is 2.39. The van der Waals surface area contributed by atoms with Gasteiger partial charge >= 0.3 is 0 Å². The Bertz CT molecular complexity index is 312. The van der Waals surface area contributed by atoms with E-state index in [2.05, 4.69) is 11.3 Å². The van der Waals surface area contributed by atoms with Crippen LogP contribution in [-0.2, 0) is 0 Å². The fourth-order valence-corrected chi connectivity index (χ4v) is 2.90. The molecule has 0 aromatic carbocycles. The highest BCUT2D eigenvalue weighted by Crippen LogP contribution is 2.43. The minimum Gasteiger partial charge on any atom is -0.292 e. The Balaban J connectivity index is 2.24. The van der Waals surface area contributed by atoms with Gasteiger partial charge in [-0.25, -0.2) is 0 Å². The summed E-state index contributed by atoms with van der Waals surface area (Å²) in [5, 5.41) is 1.88. The van der Waals surface area contributed by atoms with Gasteiger partial charge in [0.15, 0.2) is 5.78 Å². The fraction of sp³-hybridized carbons (Fsp3) is 0.636. The van der Waals surface area contributed by atoms with Crippen molar-refractivity contribution in [2.45, 2.75) is 39.0 Å². The number of carbonyl (C=O) groups excluding carboxylic acids is 1. The molecule has 0 unspecified atom stereocenters. The van der Waals surface area contributed by atoms with Gasteiger partial charge < -0.3 is 0 Å². The topological polar surface area (TPSA) is 30.0 Å². The molecule has 76 valence electrons. The van der Waals surface area contributed by atoms with Crippen molar-refractivity contribution in [1.82, 2.24) is 4.37 Å². The molecule has 1 aromatic rings. The Kier molecular flexibility index (Phi) is 2.68. The molecule has 0 amide bonds. The Morgan fingerprint density at radius 3 is 2.79 bits per heavy atom. The van der Waals surface area contributed by atoms with Crippen molar-refractivity contribution in [1.29, 1.82) is 0 Å². The summed E-state index contributed by atoms with van der Waals surface area (Å²) in [6.45, 7) is 2.12. The lowest BCUT2D eigenvalue weighted by Gasteiger charge is -2.24. The number of carbonyl (C=O) groups is 1. The van der Waals surface area contributed by atoms with E-state index in [1.807, 2.05) is 11.4 Å². The first-order valence-electron chi connectivity index (χ1n) is 5.24. The molecule has 0 N–H and O–H groups in total. The zero-order chi connectivity index (χ0) is 10.0. The molecule has 2 nitrogen and oxygen atoms in total. The first kappa shape index (κ1) is 9.84. The van der Waals surface area contributed by atoms with Gasteiger partial charge in [0.1, 0.15) is 5.69 Å². The summed E-state index contributed by atoms with van der Waals surface area (Å²) < 4.78 is 4.15. The quantitative estimate of drug-likeness (QED) is 0.715. The van der Waals surface area contributed by atoms with E-state index in [-0.39, 0.29) is 11.2 Å². The van der Waals surface area contributed by atoms with Crippen LogP contribution in [0.25, 0.3) is 0 Å². The van der Waals surface area contributed by atoms with E-state index in [9.17, 15) is 4.79 Å². The van der Waals surface area contributed by atoms with Crippen LogP contribution in [0.3, 0.4) is 0 Å². The minimum absolute atomic E-state index is 0.0753. The summed E-state index contributed by atoms with van der Waals surface area (Å²) >= 11 is 1.37. The van der Waals surface area contributed by atoms with Crippen LogP contribution >= 0.6 is 11.5 Å². The van der Waals surface area contributed by atoms with Crippen LogP contribution < -0.4 is 0 Å². The van der Waals surface area contributed by atoms with Crippen molar-refractivity contribution in [2.24, 2.45) is 5.41 Å². The molecular weight excluding hydrogens is 194 g/mol. The largest absolute Gasteiger partial charge is 0.292 e. The Morgan fingerprint density at radius 2 is 2.29 bits per heavy atom. The van der Waals surface area contributed by atoms with Crippen LogP contribution in [0.5, 0.6) is 0 Å². The molecule has 0 atom stereocenters. The maximum atomic E-state index is 12.2. The zero-order valence-corrected chi connectivity index (χ0v) is 9.27. The molecule has 1 aliphatic rings. The number of hydrogen-bond donors (Lipinski definition) is 0. The predicted molar refractivity (Wildman–Crippen MR) is 57.6 cm³/mol. The molecule has 0 spiro atoms. The zero-order valence-electron chi connectivity index (χ0n) is 8.45. The Morgan fingerprint density at radius 1 is 1.57 bits per heavy atom. The predicted octanol–water partition coefficient (Wildman–Crippen LogP) is 3.30. The van der Waals surface area contributed by atoms with Crippen molar-refractivity contribution < 1.29 is 4.79 Å². The number of aromatic nitrogens is 1. The third-order valence-corrected chi connectivity index (χ3v) is 3.95. The number of hydrogen-bond acceptors (Lipinski definition) is 3. The van der Waals surface area contributed by atoms with Crippen LogP contribution in [0, 0.1) is 5.41 Å². The van der Waals surface area contributed by atoms with Gasteiger partial charge in [-0.2, -0.15) is 4.37 Å². The van der Waals surface area contributed by atoms with E-state index in [1.54, 1.807) is 0 Å². The lowest BCUT2D eigenvalue weighted by atomic mass is 9.78. The highest BCUT2D eigenvalue weighted by molar-refractivity contribution is 7.03. The van der Waals surface area contributed by atoms with Gasteiger partial charge in [-0.1, -0.05) is 19.8 Å². The molecule has 0 bridgehead atoms. The molecule has 2 rings (SSSR count). The van der Waals surface area contributed by atoms with Crippen LogP contribution in [0.1, 0.15) is 49.5 Å². The van der Waals surface area contributed by atoms with Crippen molar-refractivity contribution in [3.63, 3.8) is 0 Å². The van der Waals surface area contributed by atoms with Gasteiger partial charge in [0.2, 0.25) is 0 Å². The van der Waals surface area contributed by atoms with E-state index < -0.39 is 0 Å². The molecule has 0 radical (unpaired) electrons. The first-order chi connectivity index (χ1) is 6.78. The lowest BCUT2D eigenvalue weighted by Crippen LogP contribution is -2.27. The molecule has 1 aromatic heterocycles. The van der Waals surface area contributed by atoms with E-state index in [1.165, 1.54) is 24.4 Å².